The first-order valence-corrected chi connectivity index (χ1v) is 4.87. The molecule has 1 fully saturated rings. The van der Waals surface area contributed by atoms with Crippen LogP contribution in [-0.2, 0) is 9.47 Å². The average molecular weight is 187 g/mol. The Labute approximate surface area is 80.8 Å². The first kappa shape index (κ1) is 11.0. The van der Waals surface area contributed by atoms with Crippen LogP contribution in [0.1, 0.15) is 27.2 Å². The normalized spacial score (nSPS) is 21.2. The Balaban J connectivity index is 2.18. The van der Waals surface area contributed by atoms with Gasteiger partial charge in [0.1, 0.15) is 0 Å². The van der Waals surface area contributed by atoms with Crippen LogP contribution in [0.25, 0.3) is 0 Å². The first-order chi connectivity index (χ1) is 5.97. The van der Waals surface area contributed by atoms with Gasteiger partial charge in [0.2, 0.25) is 0 Å². The fourth-order valence-electron chi connectivity index (χ4n) is 1.37. The Morgan fingerprint density at radius 3 is 2.23 bits per heavy atom. The Morgan fingerprint density at radius 2 is 1.92 bits per heavy atom. The summed E-state index contributed by atoms with van der Waals surface area (Å²) < 4.78 is 11.1. The van der Waals surface area contributed by atoms with Crippen molar-refractivity contribution in [1.82, 2.24) is 5.32 Å². The van der Waals surface area contributed by atoms with E-state index in [4.69, 9.17) is 9.47 Å². The van der Waals surface area contributed by atoms with E-state index in [2.05, 4.69) is 26.1 Å². The van der Waals surface area contributed by atoms with Gasteiger partial charge in [-0.15, -0.1) is 0 Å². The molecule has 0 amide bonds. The Morgan fingerprint density at radius 1 is 1.31 bits per heavy atom. The van der Waals surface area contributed by atoms with Crippen LogP contribution in [0.4, 0.5) is 0 Å². The molecule has 0 unspecified atom stereocenters. The van der Waals surface area contributed by atoms with Crippen molar-refractivity contribution in [1.29, 1.82) is 0 Å². The molecule has 78 valence electrons. The molecule has 0 radical (unpaired) electrons. The minimum absolute atomic E-state index is 0.0356. The molecule has 1 aliphatic heterocycles. The van der Waals surface area contributed by atoms with Crippen LogP contribution >= 0.6 is 0 Å². The van der Waals surface area contributed by atoms with Gasteiger partial charge in [0.25, 0.3) is 0 Å². The van der Waals surface area contributed by atoms with E-state index < -0.39 is 0 Å². The van der Waals surface area contributed by atoms with Crippen LogP contribution < -0.4 is 5.32 Å². The largest absolute Gasteiger partial charge is 0.376 e. The van der Waals surface area contributed by atoms with Gasteiger partial charge in [0, 0.05) is 26.6 Å². The lowest BCUT2D eigenvalue weighted by molar-refractivity contribution is -0.0901. The van der Waals surface area contributed by atoms with Crippen molar-refractivity contribution in [2.45, 2.75) is 38.4 Å². The number of hydrogen-bond acceptors (Lipinski definition) is 3. The van der Waals surface area contributed by atoms with Gasteiger partial charge in [-0.25, -0.2) is 0 Å². The Hall–Kier alpha value is -0.120. The van der Waals surface area contributed by atoms with Crippen LogP contribution in [0.2, 0.25) is 0 Å². The zero-order valence-corrected chi connectivity index (χ0v) is 9.14. The molecule has 0 aromatic carbocycles. The molecule has 0 saturated carbocycles. The lowest BCUT2D eigenvalue weighted by Gasteiger charge is -2.41. The molecule has 1 saturated heterocycles. The summed E-state index contributed by atoms with van der Waals surface area (Å²) >= 11 is 0. The lowest BCUT2D eigenvalue weighted by atomic mass is 9.93. The van der Waals surface area contributed by atoms with Gasteiger partial charge in [-0.2, -0.15) is 0 Å². The number of rotatable bonds is 4. The third-order valence-corrected chi connectivity index (χ3v) is 2.42. The van der Waals surface area contributed by atoms with Gasteiger partial charge in [0.15, 0.2) is 0 Å². The molecule has 0 aromatic heterocycles. The van der Waals surface area contributed by atoms with E-state index in [1.807, 2.05) is 0 Å². The summed E-state index contributed by atoms with van der Waals surface area (Å²) in [5.74, 6) is 0. The molecule has 1 N–H and O–H groups in total. The maximum Gasteiger partial charge on any atom is 0.0947 e. The van der Waals surface area contributed by atoms with E-state index in [9.17, 15) is 0 Å². The zero-order chi connectivity index (χ0) is 9.95. The fourth-order valence-corrected chi connectivity index (χ4v) is 1.37. The van der Waals surface area contributed by atoms with E-state index >= 15 is 0 Å². The van der Waals surface area contributed by atoms with Crippen molar-refractivity contribution < 1.29 is 9.47 Å². The van der Waals surface area contributed by atoms with Gasteiger partial charge < -0.3 is 14.8 Å². The van der Waals surface area contributed by atoms with E-state index in [0.29, 0.717) is 0 Å². The summed E-state index contributed by atoms with van der Waals surface area (Å²) in [6.45, 7) is 8.91. The minimum atomic E-state index is -0.0356. The predicted octanol–water partition coefficient (Wildman–Crippen LogP) is 1.18. The van der Waals surface area contributed by atoms with Crippen LogP contribution in [0.15, 0.2) is 0 Å². The summed E-state index contributed by atoms with van der Waals surface area (Å²) in [7, 11) is 1.78. The van der Waals surface area contributed by atoms with E-state index in [0.717, 1.165) is 26.1 Å². The second kappa shape index (κ2) is 3.95. The maximum atomic E-state index is 5.65. The fraction of sp³-hybridized carbons (Fsp3) is 1.00. The van der Waals surface area contributed by atoms with Crippen LogP contribution in [-0.4, -0.2) is 38.0 Å². The lowest BCUT2D eigenvalue weighted by Crippen LogP contribution is -2.61. The van der Waals surface area contributed by atoms with Crippen molar-refractivity contribution in [3.05, 3.63) is 0 Å². The number of nitrogens with one attached hydrogen (secondary N) is 1. The smallest absolute Gasteiger partial charge is 0.0947 e. The quantitative estimate of drug-likeness (QED) is 0.717. The molecule has 13 heavy (non-hydrogen) atoms. The van der Waals surface area contributed by atoms with Crippen molar-refractivity contribution in [2.75, 3.05) is 26.8 Å². The summed E-state index contributed by atoms with van der Waals surface area (Å²) in [4.78, 5) is 0. The molecule has 1 heterocycles. The Kier molecular flexibility index (Phi) is 3.33. The van der Waals surface area contributed by atoms with Gasteiger partial charge in [-0.1, -0.05) is 0 Å². The van der Waals surface area contributed by atoms with Crippen molar-refractivity contribution in [2.24, 2.45) is 0 Å². The van der Waals surface area contributed by atoms with E-state index in [-0.39, 0.29) is 11.2 Å². The molecular formula is C10H21NO2. The highest BCUT2D eigenvalue weighted by atomic mass is 16.5. The molecule has 0 aromatic rings. The summed E-state index contributed by atoms with van der Waals surface area (Å²) in [6, 6.07) is 0. The minimum Gasteiger partial charge on any atom is -0.376 e. The molecule has 1 rings (SSSR count). The molecular weight excluding hydrogens is 166 g/mol. The molecule has 0 atom stereocenters. The zero-order valence-electron chi connectivity index (χ0n) is 9.14. The summed E-state index contributed by atoms with van der Waals surface area (Å²) in [6.07, 6.45) is 0.980. The summed E-state index contributed by atoms with van der Waals surface area (Å²) in [5.41, 5.74) is 0.0113. The van der Waals surface area contributed by atoms with Gasteiger partial charge in [-0.05, 0) is 20.8 Å². The Bertz CT molecular complexity index is 153. The highest BCUT2D eigenvalue weighted by molar-refractivity contribution is 4.94. The standard InChI is InChI=1S/C10H21NO2/c1-9(2,3)13-6-5-10(12-4)7-11-8-10/h11H,5-8H2,1-4H3. The second-order valence-electron chi connectivity index (χ2n) is 4.70. The van der Waals surface area contributed by atoms with Crippen LogP contribution in [0.3, 0.4) is 0 Å². The molecule has 1 aliphatic rings. The third kappa shape index (κ3) is 3.25. The van der Waals surface area contributed by atoms with Gasteiger partial charge in [0.05, 0.1) is 17.8 Å². The highest BCUT2D eigenvalue weighted by Crippen LogP contribution is 2.21. The second-order valence-corrected chi connectivity index (χ2v) is 4.70. The van der Waals surface area contributed by atoms with Crippen molar-refractivity contribution in [3.63, 3.8) is 0 Å². The molecule has 0 bridgehead atoms. The SMILES string of the molecule is COC1(CCOC(C)(C)C)CNC1. The molecule has 0 aliphatic carbocycles. The number of methoxy groups -OCH3 is 1. The van der Waals surface area contributed by atoms with E-state index in [1.165, 1.54) is 0 Å². The van der Waals surface area contributed by atoms with E-state index in [1.54, 1.807) is 7.11 Å². The van der Waals surface area contributed by atoms with Crippen LogP contribution in [0, 0.1) is 0 Å². The number of hydrogen-bond donors (Lipinski definition) is 1. The third-order valence-electron chi connectivity index (χ3n) is 2.42. The maximum absolute atomic E-state index is 5.65. The molecule has 0 spiro atoms. The van der Waals surface area contributed by atoms with Gasteiger partial charge >= 0.3 is 0 Å². The van der Waals surface area contributed by atoms with Crippen molar-refractivity contribution >= 4 is 0 Å². The first-order valence-electron chi connectivity index (χ1n) is 4.87. The monoisotopic (exact) mass is 187 g/mol. The average Bonchev–Trinajstić information content (AvgIpc) is 1.92. The topological polar surface area (TPSA) is 30.5 Å². The number of ether oxygens (including phenoxy) is 2. The highest BCUT2D eigenvalue weighted by Gasteiger charge is 2.36. The predicted molar refractivity (Wildman–Crippen MR) is 52.9 cm³/mol. The molecule has 3 nitrogen and oxygen atoms in total. The van der Waals surface area contributed by atoms with Crippen molar-refractivity contribution in [3.8, 4) is 0 Å². The van der Waals surface area contributed by atoms with Crippen LogP contribution in [0.5, 0.6) is 0 Å². The van der Waals surface area contributed by atoms with Gasteiger partial charge in [-0.3, -0.25) is 0 Å². The summed E-state index contributed by atoms with van der Waals surface area (Å²) in [5, 5.41) is 3.22. The molecule has 3 heteroatoms.